The first-order valence-corrected chi connectivity index (χ1v) is 29.0. The molecule has 82 heavy (non-hydrogen) atoms. The fourth-order valence-corrected chi connectivity index (χ4v) is 9.19. The Labute approximate surface area is 475 Å². The summed E-state index contributed by atoms with van der Waals surface area (Å²) in [6.07, 6.45) is 5.65. The van der Waals surface area contributed by atoms with Gasteiger partial charge in [0.2, 0.25) is 35.7 Å². The number of aliphatic hydroxyl groups excluding tert-OH is 2. The maximum Gasteiger partial charge on any atom is 0.295 e. The molecule has 440 valence electrons. The van der Waals surface area contributed by atoms with Crippen molar-refractivity contribution in [1.29, 1.82) is 0 Å². The summed E-state index contributed by atoms with van der Waals surface area (Å²) in [6, 6.07) is 20.8. The molecule has 0 aliphatic heterocycles. The van der Waals surface area contributed by atoms with Crippen LogP contribution in [0.5, 0.6) is 0 Å². The Balaban J connectivity index is 1.24. The van der Waals surface area contributed by atoms with Crippen LogP contribution in [-0.2, 0) is 20.2 Å². The molecule has 2 heterocycles. The van der Waals surface area contributed by atoms with Crippen LogP contribution in [0.1, 0.15) is 57.5 Å². The molecule has 0 spiro atoms. The molecule has 4 aromatic carbocycles. The van der Waals surface area contributed by atoms with Crippen LogP contribution in [-0.4, -0.2) is 180 Å². The van der Waals surface area contributed by atoms with Crippen molar-refractivity contribution in [1.82, 2.24) is 50.3 Å². The second-order valence-corrected chi connectivity index (χ2v) is 21.2. The van der Waals surface area contributed by atoms with E-state index in [2.05, 4.69) is 82.2 Å². The number of hydrogen-bond acceptors (Lipinski definition) is 24. The molecule has 0 unspecified atom stereocenters. The van der Waals surface area contributed by atoms with E-state index in [0.717, 1.165) is 64.0 Å². The summed E-state index contributed by atoms with van der Waals surface area (Å²) in [5.41, 5.74) is 13.2. The van der Waals surface area contributed by atoms with Gasteiger partial charge in [-0.15, -0.1) is 0 Å². The lowest BCUT2D eigenvalue weighted by Crippen LogP contribution is -2.26. The van der Waals surface area contributed by atoms with Crippen LogP contribution < -0.4 is 54.0 Å². The minimum absolute atomic E-state index is 0.0286. The zero-order valence-electron chi connectivity index (χ0n) is 45.3. The van der Waals surface area contributed by atoms with Gasteiger partial charge in [0.05, 0.1) is 13.2 Å². The van der Waals surface area contributed by atoms with Crippen LogP contribution in [0.15, 0.2) is 94.7 Å². The second kappa shape index (κ2) is 31.2. The number of nitrogens with zero attached hydrogens (tertiary/aromatic N) is 8. The predicted molar refractivity (Wildman–Crippen MR) is 314 cm³/mol. The molecule has 0 saturated heterocycles. The van der Waals surface area contributed by atoms with Crippen molar-refractivity contribution in [2.75, 3.05) is 125 Å². The molecule has 0 atom stereocenters. The van der Waals surface area contributed by atoms with Crippen LogP contribution in [0.4, 0.5) is 58.4 Å². The maximum atomic E-state index is 12.9. The molecule has 6 rings (SSSR count). The lowest BCUT2D eigenvalue weighted by molar-refractivity contribution is 0.0937. The number of rotatable bonds is 34. The van der Waals surface area contributed by atoms with Crippen LogP contribution in [0.25, 0.3) is 12.2 Å². The quantitative estimate of drug-likeness (QED) is 0.0156. The highest BCUT2D eigenvalue weighted by molar-refractivity contribution is 7.86. The summed E-state index contributed by atoms with van der Waals surface area (Å²) in [5, 5.41) is 41.8. The van der Waals surface area contributed by atoms with E-state index in [1.54, 1.807) is 48.5 Å². The minimum atomic E-state index is -4.94. The largest absolute Gasteiger partial charge is 0.395 e. The smallest absolute Gasteiger partial charge is 0.295 e. The maximum absolute atomic E-state index is 12.9. The number of carbonyl (C=O) groups is 2. The van der Waals surface area contributed by atoms with Crippen molar-refractivity contribution in [3.05, 3.63) is 107 Å². The first-order valence-electron chi connectivity index (χ1n) is 26.1. The standard InChI is InChI=1S/C52H70N18O10S2/c1-69(27-3-21-53)29-5-23-57-47-63-49(59-39-15-11-37(12-16-39)45(73)55-25-31-71)67-51(65-47)61-41-19-9-35(43(33-41)81(75,76)77)7-8-36-10-20-42(34-44(36)82(78,79)80)62-52-66-48(58-24-6-30-70(2)28-4-22-54)64-50(68-52)60-40-17-13-38(14-18-40)46(74)56-26-32-72/h7-20,33-34,71-72H,3-6,21-32,53-54H2,1-2H3,(H,55,73)(H,56,74)(H,75,76,77)(H,78,79,80)(H3,57,59,61,63,65,67)(H3,58,60,62,64,66,68)/b8-7+. The van der Waals surface area contributed by atoms with Gasteiger partial charge in [-0.3, -0.25) is 18.7 Å². The highest BCUT2D eigenvalue weighted by Gasteiger charge is 2.20. The number of amides is 2. The number of aromatic nitrogens is 6. The van der Waals surface area contributed by atoms with E-state index in [1.165, 1.54) is 36.4 Å². The van der Waals surface area contributed by atoms with Crippen molar-refractivity contribution in [2.45, 2.75) is 35.5 Å². The van der Waals surface area contributed by atoms with Gasteiger partial charge >= 0.3 is 0 Å². The number of hydrogen-bond donors (Lipinski definition) is 14. The van der Waals surface area contributed by atoms with Gasteiger partial charge in [0, 0.05) is 60.1 Å². The van der Waals surface area contributed by atoms with Gasteiger partial charge in [-0.2, -0.15) is 46.7 Å². The Morgan fingerprint density at radius 3 is 1.12 bits per heavy atom. The molecule has 0 bridgehead atoms. The molecular weight excluding hydrogens is 1100 g/mol. The third kappa shape index (κ3) is 20.5. The Morgan fingerprint density at radius 2 is 0.793 bits per heavy atom. The Kier molecular flexibility index (Phi) is 24.1. The summed E-state index contributed by atoms with van der Waals surface area (Å²) in [5.74, 6) is -0.316. The molecule has 2 amide bonds. The lowest BCUT2D eigenvalue weighted by Gasteiger charge is -2.16. The van der Waals surface area contributed by atoms with E-state index in [4.69, 9.17) is 21.7 Å². The number of carbonyl (C=O) groups excluding carboxylic acids is 2. The third-order valence-corrected chi connectivity index (χ3v) is 13.7. The van der Waals surface area contributed by atoms with Crippen molar-refractivity contribution in [3.63, 3.8) is 0 Å². The van der Waals surface area contributed by atoms with Crippen molar-refractivity contribution in [2.24, 2.45) is 11.5 Å². The molecular formula is C52H70N18O10S2. The van der Waals surface area contributed by atoms with Crippen molar-refractivity contribution in [3.8, 4) is 0 Å². The van der Waals surface area contributed by atoms with E-state index >= 15 is 0 Å². The average molecular weight is 1170 g/mol. The molecule has 0 aliphatic rings. The predicted octanol–water partition coefficient (Wildman–Crippen LogP) is 3.30. The van der Waals surface area contributed by atoms with Crippen LogP contribution in [0.2, 0.25) is 0 Å². The summed E-state index contributed by atoms with van der Waals surface area (Å²) in [6.45, 7) is 5.07. The fourth-order valence-electron chi connectivity index (χ4n) is 7.77. The number of aliphatic hydroxyl groups is 2. The minimum Gasteiger partial charge on any atom is -0.395 e. The van der Waals surface area contributed by atoms with E-state index < -0.39 is 30.0 Å². The molecule has 2 aromatic heterocycles. The van der Waals surface area contributed by atoms with Crippen LogP contribution >= 0.6 is 0 Å². The van der Waals surface area contributed by atoms with Gasteiger partial charge in [0.1, 0.15) is 9.79 Å². The van der Waals surface area contributed by atoms with Gasteiger partial charge in [-0.25, -0.2) is 0 Å². The normalized spacial score (nSPS) is 11.7. The van der Waals surface area contributed by atoms with Crippen molar-refractivity contribution < 1.29 is 45.7 Å². The van der Waals surface area contributed by atoms with E-state index in [0.29, 0.717) is 48.7 Å². The number of nitrogens with one attached hydrogen (secondary N) is 8. The van der Waals surface area contributed by atoms with Crippen LogP contribution in [0, 0.1) is 0 Å². The zero-order valence-corrected chi connectivity index (χ0v) is 47.0. The van der Waals surface area contributed by atoms with E-state index in [9.17, 15) is 35.5 Å². The second-order valence-electron chi connectivity index (χ2n) is 18.5. The Hall–Kier alpha value is -8.04. The summed E-state index contributed by atoms with van der Waals surface area (Å²) in [7, 11) is -5.89. The highest BCUT2D eigenvalue weighted by Crippen LogP contribution is 2.29. The monoisotopic (exact) mass is 1170 g/mol. The van der Waals surface area contributed by atoms with Gasteiger partial charge in [0.25, 0.3) is 32.1 Å². The fraction of sp³-hybridized carbons (Fsp3) is 0.346. The zero-order chi connectivity index (χ0) is 59.1. The molecule has 0 radical (unpaired) electrons. The first-order chi connectivity index (χ1) is 39.3. The molecule has 28 nitrogen and oxygen atoms in total. The van der Waals surface area contributed by atoms with Gasteiger partial charge in [0.15, 0.2) is 0 Å². The number of benzene rings is 4. The Bertz CT molecular complexity index is 3110. The van der Waals surface area contributed by atoms with Crippen molar-refractivity contribution >= 4 is 103 Å². The SMILES string of the molecule is CN(CCCN)CCCNc1nc(Nc2ccc(C(=O)NCCO)cc2)nc(Nc2ccc(/C=C/c3ccc(Nc4nc(NCCCN(C)CCCN)nc(Nc5ccc(C(=O)NCCO)cc5)n4)cc3S(=O)(=O)O)c(S(=O)(=O)O)c2)n1. The number of nitrogens with two attached hydrogens (primary N) is 2. The summed E-state index contributed by atoms with van der Waals surface area (Å²) in [4.78, 5) is 54.9. The first kappa shape index (κ1) is 63.1. The molecule has 0 aliphatic carbocycles. The topological polar surface area (TPSA) is 415 Å². The Morgan fingerprint density at radius 1 is 0.476 bits per heavy atom. The summed E-state index contributed by atoms with van der Waals surface area (Å²) < 4.78 is 72.7. The molecule has 30 heteroatoms. The highest BCUT2D eigenvalue weighted by atomic mass is 32.2. The molecule has 16 N–H and O–H groups in total. The van der Waals surface area contributed by atoms with Gasteiger partial charge in [-0.05, 0) is 163 Å². The molecule has 6 aromatic rings. The third-order valence-electron chi connectivity index (χ3n) is 11.9. The number of anilines is 10. The van der Waals surface area contributed by atoms with Gasteiger partial charge in [-0.1, -0.05) is 24.3 Å². The van der Waals surface area contributed by atoms with Gasteiger partial charge < -0.3 is 74.0 Å². The molecule has 0 saturated carbocycles. The lowest BCUT2D eigenvalue weighted by atomic mass is 10.1. The average Bonchev–Trinajstić information content (AvgIpc) is 3.58. The molecule has 0 fully saturated rings. The van der Waals surface area contributed by atoms with E-state index in [1.807, 2.05) is 14.1 Å². The summed E-state index contributed by atoms with van der Waals surface area (Å²) >= 11 is 0. The van der Waals surface area contributed by atoms with E-state index in [-0.39, 0.29) is 96.3 Å². The van der Waals surface area contributed by atoms with Crippen LogP contribution in [0.3, 0.4) is 0 Å².